The molecule has 2 heterocycles. The van der Waals surface area contributed by atoms with Crippen LogP contribution >= 0.6 is 34.5 Å². The Morgan fingerprint density at radius 3 is 2.51 bits per heavy atom. The van der Waals surface area contributed by atoms with Crippen LogP contribution in [0.2, 0.25) is 10.0 Å². The molecule has 1 atom stereocenters. The number of rotatable bonds is 7. The standard InChI is InChI=1S/C24H19Cl2F3N2O3S/c1-2-8-30-20(33)7-6-19(32)22-17-5-3-4-16(17)21(35-22)18-12-23(34-31-18,24(27,28)29)13-9-14(25)11-15(26)10-13/h1,9-11H,3-8,12H2,(H,30,33). The molecule has 0 fully saturated rings. The van der Waals surface area contributed by atoms with Crippen LogP contribution in [0.25, 0.3) is 0 Å². The molecule has 0 spiro atoms. The van der Waals surface area contributed by atoms with Crippen LogP contribution in [0.4, 0.5) is 13.2 Å². The maximum Gasteiger partial charge on any atom is 0.435 e. The third-order valence-corrected chi connectivity index (χ3v) is 7.77. The molecule has 1 aliphatic heterocycles. The fourth-order valence-electron chi connectivity index (χ4n) is 4.32. The van der Waals surface area contributed by atoms with E-state index in [1.807, 2.05) is 0 Å². The number of thiophene rings is 1. The summed E-state index contributed by atoms with van der Waals surface area (Å²) in [6.07, 6.45) is 1.70. The number of hydrogen-bond acceptors (Lipinski definition) is 5. The summed E-state index contributed by atoms with van der Waals surface area (Å²) >= 11 is 13.0. The molecule has 11 heteroatoms. The number of benzene rings is 1. The monoisotopic (exact) mass is 542 g/mol. The van der Waals surface area contributed by atoms with E-state index in [4.69, 9.17) is 34.5 Å². The number of fused-ring (bicyclic) bond motifs is 1. The number of oxime groups is 1. The number of alkyl halides is 3. The van der Waals surface area contributed by atoms with Gasteiger partial charge in [0.15, 0.2) is 5.78 Å². The van der Waals surface area contributed by atoms with E-state index in [-0.39, 0.29) is 52.4 Å². The number of amides is 1. The molecule has 1 aliphatic carbocycles. The van der Waals surface area contributed by atoms with Gasteiger partial charge >= 0.3 is 6.18 Å². The molecular weight excluding hydrogens is 524 g/mol. The summed E-state index contributed by atoms with van der Waals surface area (Å²) in [6.45, 7) is 0.0736. The van der Waals surface area contributed by atoms with Gasteiger partial charge < -0.3 is 10.2 Å². The molecule has 1 N–H and O–H groups in total. The number of Topliss-reactive ketones (excluding diaryl/α,β-unsaturated/α-hetero) is 1. The lowest BCUT2D eigenvalue weighted by atomic mass is 9.87. The van der Waals surface area contributed by atoms with Crippen molar-refractivity contribution in [3.05, 3.63) is 54.7 Å². The van der Waals surface area contributed by atoms with E-state index >= 15 is 0 Å². The summed E-state index contributed by atoms with van der Waals surface area (Å²) in [4.78, 5) is 30.8. The van der Waals surface area contributed by atoms with Gasteiger partial charge in [-0.3, -0.25) is 9.59 Å². The van der Waals surface area contributed by atoms with E-state index in [2.05, 4.69) is 16.4 Å². The van der Waals surface area contributed by atoms with Gasteiger partial charge in [-0.15, -0.1) is 17.8 Å². The van der Waals surface area contributed by atoms with Crippen LogP contribution in [0.5, 0.6) is 0 Å². The van der Waals surface area contributed by atoms with Crippen molar-refractivity contribution in [2.24, 2.45) is 5.16 Å². The van der Waals surface area contributed by atoms with Crippen LogP contribution < -0.4 is 5.32 Å². The van der Waals surface area contributed by atoms with Crippen molar-refractivity contribution in [2.45, 2.75) is 50.3 Å². The van der Waals surface area contributed by atoms with Gasteiger partial charge in [-0.25, -0.2) is 0 Å². The fraction of sp³-hybridized carbons (Fsp3) is 0.375. The first-order chi connectivity index (χ1) is 16.6. The molecule has 5 nitrogen and oxygen atoms in total. The number of carbonyl (C=O) groups is 2. The van der Waals surface area contributed by atoms with Crippen LogP contribution in [0, 0.1) is 12.3 Å². The van der Waals surface area contributed by atoms with E-state index in [9.17, 15) is 22.8 Å². The summed E-state index contributed by atoms with van der Waals surface area (Å²) in [7, 11) is 0. The molecular formula is C24H19Cl2F3N2O3S. The number of nitrogens with zero attached hydrogens (tertiary/aromatic N) is 1. The number of halogens is 5. The second-order valence-corrected chi connectivity index (χ2v) is 10.2. The number of ketones is 1. The molecule has 1 amide bonds. The molecule has 2 aromatic rings. The third-order valence-electron chi connectivity index (χ3n) is 5.97. The number of hydrogen-bond donors (Lipinski definition) is 1. The van der Waals surface area contributed by atoms with Crippen LogP contribution in [0.1, 0.15) is 56.9 Å². The number of terminal acetylenes is 1. The van der Waals surface area contributed by atoms with E-state index in [0.29, 0.717) is 22.6 Å². The molecule has 1 aromatic heterocycles. The van der Waals surface area contributed by atoms with Crippen molar-refractivity contribution in [3.8, 4) is 12.3 Å². The maximum atomic E-state index is 14.3. The normalized spacial score (nSPS) is 19.0. The van der Waals surface area contributed by atoms with Gasteiger partial charge in [-0.1, -0.05) is 34.3 Å². The second kappa shape index (κ2) is 9.84. The molecule has 4 rings (SSSR count). The van der Waals surface area contributed by atoms with Crippen molar-refractivity contribution >= 4 is 51.9 Å². The average Bonchev–Trinajstić information content (AvgIpc) is 3.50. The SMILES string of the molecule is C#CCNC(=O)CCC(=O)c1sc(C2=NOC(c3cc(Cl)cc(Cl)c3)(C(F)(F)F)C2)c2c1CCC2. The van der Waals surface area contributed by atoms with Crippen molar-refractivity contribution in [2.75, 3.05) is 6.54 Å². The lowest BCUT2D eigenvalue weighted by Gasteiger charge is -2.29. The first kappa shape index (κ1) is 25.5. The van der Waals surface area contributed by atoms with Crippen molar-refractivity contribution in [1.29, 1.82) is 0 Å². The molecule has 184 valence electrons. The highest BCUT2D eigenvalue weighted by molar-refractivity contribution is 7.16. The summed E-state index contributed by atoms with van der Waals surface area (Å²) in [6, 6.07) is 3.67. The van der Waals surface area contributed by atoms with Gasteiger partial charge in [-0.05, 0) is 48.6 Å². The molecule has 0 saturated heterocycles. The van der Waals surface area contributed by atoms with Crippen molar-refractivity contribution in [3.63, 3.8) is 0 Å². The van der Waals surface area contributed by atoms with E-state index in [1.165, 1.54) is 18.2 Å². The highest BCUT2D eigenvalue weighted by Crippen LogP contribution is 2.51. The quantitative estimate of drug-likeness (QED) is 0.353. The van der Waals surface area contributed by atoms with Gasteiger partial charge in [-0.2, -0.15) is 13.2 Å². The molecule has 1 aromatic carbocycles. The minimum atomic E-state index is -4.81. The second-order valence-electron chi connectivity index (χ2n) is 8.26. The van der Waals surface area contributed by atoms with Crippen LogP contribution in [0.15, 0.2) is 23.4 Å². The van der Waals surface area contributed by atoms with Crippen molar-refractivity contribution in [1.82, 2.24) is 5.32 Å². The number of nitrogens with one attached hydrogen (secondary N) is 1. The minimum absolute atomic E-state index is 0.0285. The lowest BCUT2D eigenvalue weighted by molar-refractivity contribution is -0.275. The molecule has 1 unspecified atom stereocenters. The minimum Gasteiger partial charge on any atom is -0.374 e. The zero-order valence-electron chi connectivity index (χ0n) is 18.2. The predicted octanol–water partition coefficient (Wildman–Crippen LogP) is 5.84. The smallest absolute Gasteiger partial charge is 0.374 e. The van der Waals surface area contributed by atoms with Crippen molar-refractivity contribution < 1.29 is 27.6 Å². The van der Waals surface area contributed by atoms with E-state index in [1.54, 1.807) is 0 Å². The Kier molecular flexibility index (Phi) is 7.18. The molecule has 35 heavy (non-hydrogen) atoms. The molecule has 0 radical (unpaired) electrons. The Balaban J connectivity index is 1.62. The summed E-state index contributed by atoms with van der Waals surface area (Å²) in [5.74, 6) is 1.71. The van der Waals surface area contributed by atoms with Gasteiger partial charge in [0.2, 0.25) is 5.91 Å². The van der Waals surface area contributed by atoms with Gasteiger partial charge in [0, 0.05) is 28.5 Å². The highest BCUT2D eigenvalue weighted by atomic mass is 35.5. The Morgan fingerprint density at radius 1 is 1.17 bits per heavy atom. The topological polar surface area (TPSA) is 67.8 Å². The largest absolute Gasteiger partial charge is 0.435 e. The molecule has 2 aliphatic rings. The Bertz CT molecular complexity index is 1250. The van der Waals surface area contributed by atoms with Crippen LogP contribution in [-0.2, 0) is 28.1 Å². The highest BCUT2D eigenvalue weighted by Gasteiger charge is 2.62. The first-order valence-corrected chi connectivity index (χ1v) is 12.3. The maximum absolute atomic E-state index is 14.3. The Labute approximate surface area is 213 Å². The Morgan fingerprint density at radius 2 is 1.86 bits per heavy atom. The Hall–Kier alpha value is -2.54. The zero-order chi connectivity index (χ0) is 25.4. The third kappa shape index (κ3) is 4.92. The van der Waals surface area contributed by atoms with E-state index < -0.39 is 18.2 Å². The molecule has 0 saturated carbocycles. The number of carbonyl (C=O) groups excluding carboxylic acids is 2. The van der Waals surface area contributed by atoms with E-state index in [0.717, 1.165) is 28.9 Å². The summed E-state index contributed by atoms with van der Waals surface area (Å²) in [5, 5.41) is 6.44. The van der Waals surface area contributed by atoms with Crippen LogP contribution in [-0.4, -0.2) is 30.1 Å². The summed E-state index contributed by atoms with van der Waals surface area (Å²) in [5.41, 5.74) is -1.24. The lowest BCUT2D eigenvalue weighted by Crippen LogP contribution is -2.42. The van der Waals surface area contributed by atoms with Gasteiger partial charge in [0.05, 0.1) is 22.7 Å². The summed E-state index contributed by atoms with van der Waals surface area (Å²) < 4.78 is 43.0. The van der Waals surface area contributed by atoms with Gasteiger partial charge in [0.25, 0.3) is 5.60 Å². The predicted molar refractivity (Wildman–Crippen MR) is 128 cm³/mol. The van der Waals surface area contributed by atoms with Gasteiger partial charge in [0.1, 0.15) is 5.71 Å². The molecule has 0 bridgehead atoms. The zero-order valence-corrected chi connectivity index (χ0v) is 20.6. The average molecular weight is 543 g/mol. The van der Waals surface area contributed by atoms with Crippen LogP contribution in [0.3, 0.4) is 0 Å². The first-order valence-electron chi connectivity index (χ1n) is 10.7. The fourth-order valence-corrected chi connectivity index (χ4v) is 6.19.